The smallest absolute Gasteiger partial charge is 0.322 e. The number of rotatable bonds is 2. The molecule has 1 N–H and O–H groups in total. The molecule has 3 heterocycles. The number of aryl methyl sites for hydroxylation is 2. The molecule has 0 radical (unpaired) electrons. The fraction of sp³-hybridized carbons (Fsp3) is 0.238. The van der Waals surface area contributed by atoms with Crippen LogP contribution in [0, 0.1) is 13.8 Å². The molecular formula is C21H22N4O. The molecule has 0 fully saturated rings. The van der Waals surface area contributed by atoms with Crippen LogP contribution in [0.4, 0.5) is 10.5 Å². The highest BCUT2D eigenvalue weighted by atomic mass is 16.2. The second-order valence-electron chi connectivity index (χ2n) is 6.74. The molecule has 2 amide bonds. The van der Waals surface area contributed by atoms with Gasteiger partial charge in [0.25, 0.3) is 0 Å². The van der Waals surface area contributed by atoms with Gasteiger partial charge in [0.1, 0.15) is 6.04 Å². The van der Waals surface area contributed by atoms with E-state index in [1.54, 1.807) is 6.20 Å². The number of carbonyl (C=O) groups excluding carboxylic acids is 1. The van der Waals surface area contributed by atoms with E-state index in [0.717, 1.165) is 23.5 Å². The summed E-state index contributed by atoms with van der Waals surface area (Å²) in [5, 5.41) is 3.06. The van der Waals surface area contributed by atoms with Crippen LogP contribution in [0.2, 0.25) is 0 Å². The summed E-state index contributed by atoms with van der Waals surface area (Å²) in [5.41, 5.74) is 5.33. The molecule has 0 spiro atoms. The molecule has 5 nitrogen and oxygen atoms in total. The number of hydrogen-bond donors (Lipinski definition) is 1. The van der Waals surface area contributed by atoms with Crippen LogP contribution in [0.15, 0.2) is 61.1 Å². The van der Waals surface area contributed by atoms with Gasteiger partial charge in [-0.05, 0) is 60.9 Å². The summed E-state index contributed by atoms with van der Waals surface area (Å²) >= 11 is 0. The van der Waals surface area contributed by atoms with E-state index in [-0.39, 0.29) is 12.1 Å². The molecule has 26 heavy (non-hydrogen) atoms. The standard InChI is InChI=1S/C21H22N4O/c1-15-7-8-18(13-16(15)2)23-21(26)25-12-11-24-10-4-6-19(24)20(25)17-5-3-9-22-14-17/h3-10,13-14,20H,11-12H2,1-2H3,(H,23,26)/t20-/m1/s1. The van der Waals surface area contributed by atoms with Gasteiger partial charge in [0, 0.05) is 43.1 Å². The molecule has 4 rings (SSSR count). The van der Waals surface area contributed by atoms with Gasteiger partial charge in [-0.15, -0.1) is 0 Å². The Morgan fingerprint density at radius 2 is 2.00 bits per heavy atom. The Kier molecular flexibility index (Phi) is 4.21. The number of fused-ring (bicyclic) bond motifs is 1. The zero-order valence-electron chi connectivity index (χ0n) is 15.0. The van der Waals surface area contributed by atoms with Crippen molar-refractivity contribution < 1.29 is 4.79 Å². The van der Waals surface area contributed by atoms with Gasteiger partial charge in [0.05, 0.1) is 0 Å². The maximum atomic E-state index is 13.1. The van der Waals surface area contributed by atoms with Crippen molar-refractivity contribution in [3.8, 4) is 0 Å². The normalized spacial score (nSPS) is 16.2. The Morgan fingerprint density at radius 1 is 1.12 bits per heavy atom. The van der Waals surface area contributed by atoms with Crippen LogP contribution < -0.4 is 5.32 Å². The van der Waals surface area contributed by atoms with Gasteiger partial charge < -0.3 is 14.8 Å². The van der Waals surface area contributed by atoms with E-state index in [1.165, 1.54) is 11.1 Å². The zero-order chi connectivity index (χ0) is 18.1. The predicted octanol–water partition coefficient (Wildman–Crippen LogP) is 4.14. The molecule has 1 aliphatic heterocycles. The number of urea groups is 1. The highest BCUT2D eigenvalue weighted by molar-refractivity contribution is 5.90. The van der Waals surface area contributed by atoms with Crippen LogP contribution in [0.25, 0.3) is 0 Å². The molecule has 132 valence electrons. The number of carbonyl (C=O) groups is 1. The van der Waals surface area contributed by atoms with Crippen LogP contribution >= 0.6 is 0 Å². The minimum absolute atomic E-state index is 0.0884. The largest absolute Gasteiger partial charge is 0.348 e. The topological polar surface area (TPSA) is 50.2 Å². The van der Waals surface area contributed by atoms with Crippen molar-refractivity contribution in [3.63, 3.8) is 0 Å². The van der Waals surface area contributed by atoms with Crippen LogP contribution in [0.5, 0.6) is 0 Å². The van der Waals surface area contributed by atoms with Crippen molar-refractivity contribution in [2.75, 3.05) is 11.9 Å². The van der Waals surface area contributed by atoms with Crippen molar-refractivity contribution in [2.45, 2.75) is 26.4 Å². The van der Waals surface area contributed by atoms with E-state index in [0.29, 0.717) is 6.54 Å². The van der Waals surface area contributed by atoms with Gasteiger partial charge in [0.15, 0.2) is 0 Å². The molecule has 1 aromatic carbocycles. The molecule has 2 aromatic heterocycles. The molecule has 0 saturated carbocycles. The Labute approximate surface area is 153 Å². The van der Waals surface area contributed by atoms with Crippen molar-refractivity contribution in [1.82, 2.24) is 14.5 Å². The first-order valence-electron chi connectivity index (χ1n) is 8.83. The maximum absolute atomic E-state index is 13.1. The Morgan fingerprint density at radius 3 is 2.77 bits per heavy atom. The Bertz CT molecular complexity index is 932. The lowest BCUT2D eigenvalue weighted by molar-refractivity contribution is 0.181. The second-order valence-corrected chi connectivity index (χ2v) is 6.74. The van der Waals surface area contributed by atoms with E-state index in [9.17, 15) is 4.79 Å². The molecule has 3 aromatic rings. The molecule has 5 heteroatoms. The quantitative estimate of drug-likeness (QED) is 0.758. The highest BCUT2D eigenvalue weighted by Crippen LogP contribution is 2.32. The first-order valence-corrected chi connectivity index (χ1v) is 8.83. The molecule has 1 atom stereocenters. The minimum Gasteiger partial charge on any atom is -0.348 e. The van der Waals surface area contributed by atoms with Crippen molar-refractivity contribution in [1.29, 1.82) is 0 Å². The van der Waals surface area contributed by atoms with Crippen LogP contribution in [0.1, 0.15) is 28.4 Å². The van der Waals surface area contributed by atoms with Crippen molar-refractivity contribution >= 4 is 11.7 Å². The SMILES string of the molecule is Cc1ccc(NC(=O)N2CCn3cccc3[C@H]2c2cccnc2)cc1C. The van der Waals surface area contributed by atoms with E-state index in [4.69, 9.17) is 0 Å². The van der Waals surface area contributed by atoms with E-state index < -0.39 is 0 Å². The highest BCUT2D eigenvalue weighted by Gasteiger charge is 2.32. The number of anilines is 1. The van der Waals surface area contributed by atoms with Gasteiger partial charge in [-0.2, -0.15) is 0 Å². The number of nitrogens with one attached hydrogen (secondary N) is 1. The Hall–Kier alpha value is -3.08. The third-order valence-electron chi connectivity index (χ3n) is 5.06. The summed E-state index contributed by atoms with van der Waals surface area (Å²) < 4.78 is 2.21. The van der Waals surface area contributed by atoms with Gasteiger partial charge in [-0.1, -0.05) is 12.1 Å². The van der Waals surface area contributed by atoms with Crippen LogP contribution in [-0.2, 0) is 6.54 Å². The third-order valence-corrected chi connectivity index (χ3v) is 5.06. The van der Waals surface area contributed by atoms with Crippen LogP contribution in [0.3, 0.4) is 0 Å². The molecule has 0 bridgehead atoms. The first kappa shape index (κ1) is 16.4. The first-order chi connectivity index (χ1) is 12.6. The van der Waals surface area contributed by atoms with Crippen molar-refractivity contribution in [3.05, 3.63) is 83.4 Å². The number of aromatic nitrogens is 2. The maximum Gasteiger partial charge on any atom is 0.322 e. The lowest BCUT2D eigenvalue weighted by Crippen LogP contribution is -2.44. The molecule has 0 saturated heterocycles. The van der Waals surface area contributed by atoms with Gasteiger partial charge in [0.2, 0.25) is 0 Å². The fourth-order valence-electron chi connectivity index (χ4n) is 3.51. The molecule has 1 aliphatic rings. The van der Waals surface area contributed by atoms with Gasteiger partial charge in [-0.25, -0.2) is 4.79 Å². The summed E-state index contributed by atoms with van der Waals surface area (Å²) in [6, 6.07) is 13.8. The Balaban J connectivity index is 1.65. The minimum atomic E-state index is -0.140. The lowest BCUT2D eigenvalue weighted by atomic mass is 10.0. The summed E-state index contributed by atoms with van der Waals surface area (Å²) in [6.45, 7) is 5.56. The van der Waals surface area contributed by atoms with Crippen molar-refractivity contribution in [2.24, 2.45) is 0 Å². The summed E-state index contributed by atoms with van der Waals surface area (Å²) in [7, 11) is 0. The van der Waals surface area contributed by atoms with Crippen LogP contribution in [-0.4, -0.2) is 27.0 Å². The monoisotopic (exact) mass is 346 g/mol. The summed E-state index contributed by atoms with van der Waals surface area (Å²) in [4.78, 5) is 19.2. The van der Waals surface area contributed by atoms with E-state index in [2.05, 4.69) is 41.0 Å². The average Bonchev–Trinajstić information content (AvgIpc) is 3.13. The van der Waals surface area contributed by atoms with Gasteiger partial charge >= 0.3 is 6.03 Å². The summed E-state index contributed by atoms with van der Waals surface area (Å²) in [6.07, 6.45) is 5.66. The second kappa shape index (κ2) is 6.67. The number of benzene rings is 1. The molecule has 0 aliphatic carbocycles. The van der Waals surface area contributed by atoms with E-state index >= 15 is 0 Å². The molecular weight excluding hydrogens is 324 g/mol. The number of amides is 2. The number of pyridine rings is 1. The average molecular weight is 346 g/mol. The number of nitrogens with zero attached hydrogens (tertiary/aromatic N) is 3. The predicted molar refractivity (Wildman–Crippen MR) is 102 cm³/mol. The fourth-order valence-corrected chi connectivity index (χ4v) is 3.51. The van der Waals surface area contributed by atoms with E-state index in [1.807, 2.05) is 47.5 Å². The summed E-state index contributed by atoms with van der Waals surface area (Å²) in [5.74, 6) is 0. The lowest BCUT2D eigenvalue weighted by Gasteiger charge is -2.37. The van der Waals surface area contributed by atoms with Gasteiger partial charge in [-0.3, -0.25) is 4.98 Å². The molecule has 0 unspecified atom stereocenters. The number of hydrogen-bond acceptors (Lipinski definition) is 2. The third kappa shape index (κ3) is 2.96. The zero-order valence-corrected chi connectivity index (χ0v) is 15.0.